The number of carbonyl (C=O) groups excluding carboxylic acids is 1. The molecular formula is C23H29N5O3S. The van der Waals surface area contributed by atoms with Gasteiger partial charge in [0.25, 0.3) is 0 Å². The summed E-state index contributed by atoms with van der Waals surface area (Å²) in [5, 5.41) is 10.5. The number of aryl methyl sites for hydroxylation is 2. The van der Waals surface area contributed by atoms with Crippen LogP contribution in [0.25, 0.3) is 0 Å². The summed E-state index contributed by atoms with van der Waals surface area (Å²) in [4.78, 5) is 14.7. The largest absolute Gasteiger partial charge is 0.332 e. The van der Waals surface area contributed by atoms with E-state index in [1.807, 2.05) is 0 Å². The average Bonchev–Trinajstić information content (AvgIpc) is 3.10. The molecule has 0 unspecified atom stereocenters. The van der Waals surface area contributed by atoms with Crippen LogP contribution in [0.1, 0.15) is 54.4 Å². The van der Waals surface area contributed by atoms with E-state index in [-0.39, 0.29) is 5.66 Å². The van der Waals surface area contributed by atoms with Crippen LogP contribution in [0.2, 0.25) is 0 Å². The van der Waals surface area contributed by atoms with E-state index in [9.17, 15) is 13.2 Å². The third-order valence-corrected chi connectivity index (χ3v) is 8.84. The Bertz CT molecular complexity index is 1080. The number of hydrogen-bond donors (Lipinski definition) is 2. The Morgan fingerprint density at radius 1 is 1.12 bits per heavy atom. The van der Waals surface area contributed by atoms with Gasteiger partial charge in [-0.25, -0.2) is 17.9 Å². The maximum Gasteiger partial charge on any atom is 0.332 e. The van der Waals surface area contributed by atoms with E-state index in [0.717, 1.165) is 63.6 Å². The van der Waals surface area contributed by atoms with Crippen LogP contribution < -0.4 is 10.0 Å². The van der Waals surface area contributed by atoms with E-state index in [1.54, 1.807) is 0 Å². The molecule has 9 heteroatoms. The molecule has 8 nitrogen and oxygen atoms in total. The fourth-order valence-corrected chi connectivity index (χ4v) is 6.52. The van der Waals surface area contributed by atoms with Crippen molar-refractivity contribution in [1.82, 2.24) is 9.62 Å². The summed E-state index contributed by atoms with van der Waals surface area (Å²) >= 11 is 0. The van der Waals surface area contributed by atoms with E-state index in [1.165, 1.54) is 22.3 Å². The number of benzene rings is 1. The standard InChI is InChI=1S/C23H29N5O3S/c1-2-3-10-23(26-27-23)11-12-28-14-18(15-28)32(30,31)25-22(29)24-21-19-8-4-6-16(19)13-17-7-5-9-20(17)21/h1,13,18H,3-12,14-15H2,(H2,24,25,29). The molecule has 0 atom stereocenters. The Morgan fingerprint density at radius 2 is 1.78 bits per heavy atom. The van der Waals surface area contributed by atoms with Crippen molar-refractivity contribution in [2.45, 2.75) is 68.7 Å². The van der Waals surface area contributed by atoms with Crippen LogP contribution in [0.4, 0.5) is 10.5 Å². The molecule has 0 bridgehead atoms. The topological polar surface area (TPSA) is 103 Å². The van der Waals surface area contributed by atoms with Crippen molar-refractivity contribution in [2.24, 2.45) is 10.2 Å². The number of anilines is 1. The number of amides is 2. The van der Waals surface area contributed by atoms with Gasteiger partial charge in [0.05, 0.1) is 0 Å². The summed E-state index contributed by atoms with van der Waals surface area (Å²) in [6.45, 7) is 1.53. The minimum absolute atomic E-state index is 0.356. The number of likely N-dealkylation sites (tertiary alicyclic amines) is 1. The van der Waals surface area contributed by atoms with Crippen LogP contribution in [-0.2, 0) is 35.7 Å². The lowest BCUT2D eigenvalue weighted by Gasteiger charge is -2.38. The van der Waals surface area contributed by atoms with Gasteiger partial charge >= 0.3 is 6.03 Å². The van der Waals surface area contributed by atoms with Gasteiger partial charge in [-0.15, -0.1) is 12.3 Å². The second-order valence-corrected chi connectivity index (χ2v) is 11.3. The van der Waals surface area contributed by atoms with Crippen LogP contribution in [0.3, 0.4) is 0 Å². The van der Waals surface area contributed by atoms with E-state index >= 15 is 0 Å². The molecule has 0 saturated carbocycles. The highest BCUT2D eigenvalue weighted by atomic mass is 32.2. The molecule has 2 N–H and O–H groups in total. The molecule has 32 heavy (non-hydrogen) atoms. The quantitative estimate of drug-likeness (QED) is 0.588. The molecule has 5 rings (SSSR count). The molecule has 0 spiro atoms. The predicted molar refractivity (Wildman–Crippen MR) is 122 cm³/mol. The van der Waals surface area contributed by atoms with Gasteiger partial charge in [-0.1, -0.05) is 6.07 Å². The third kappa shape index (κ3) is 4.14. The van der Waals surface area contributed by atoms with Gasteiger partial charge in [0.1, 0.15) is 5.25 Å². The monoisotopic (exact) mass is 455 g/mol. The maximum atomic E-state index is 12.7. The van der Waals surface area contributed by atoms with Crippen molar-refractivity contribution >= 4 is 21.7 Å². The lowest BCUT2D eigenvalue weighted by molar-refractivity contribution is 0.173. The highest BCUT2D eigenvalue weighted by molar-refractivity contribution is 7.90. The van der Waals surface area contributed by atoms with Gasteiger partial charge < -0.3 is 10.2 Å². The van der Waals surface area contributed by atoms with Crippen molar-refractivity contribution in [3.8, 4) is 12.3 Å². The normalized spacial score (nSPS) is 20.8. The number of rotatable bonds is 8. The first kappa shape index (κ1) is 21.4. The number of fused-ring (bicyclic) bond motifs is 2. The molecule has 1 aromatic rings. The number of nitrogens with one attached hydrogen (secondary N) is 2. The second-order valence-electron chi connectivity index (χ2n) is 9.35. The molecule has 0 aromatic heterocycles. The minimum atomic E-state index is -3.73. The molecule has 2 heterocycles. The van der Waals surface area contributed by atoms with Crippen molar-refractivity contribution in [3.05, 3.63) is 28.3 Å². The predicted octanol–water partition coefficient (Wildman–Crippen LogP) is 2.77. The fraction of sp³-hybridized carbons (Fsp3) is 0.609. The van der Waals surface area contributed by atoms with E-state index in [4.69, 9.17) is 6.42 Å². The Hall–Kier alpha value is -2.44. The Morgan fingerprint density at radius 3 is 2.38 bits per heavy atom. The number of carbonyl (C=O) groups is 1. The minimum Gasteiger partial charge on any atom is -0.307 e. The average molecular weight is 456 g/mol. The fourth-order valence-electron chi connectivity index (χ4n) is 5.23. The van der Waals surface area contributed by atoms with Crippen LogP contribution in [0, 0.1) is 12.3 Å². The molecule has 2 aliphatic heterocycles. The highest BCUT2D eigenvalue weighted by Crippen LogP contribution is 2.39. The van der Waals surface area contributed by atoms with Crippen LogP contribution in [0.15, 0.2) is 16.3 Å². The van der Waals surface area contributed by atoms with Crippen molar-refractivity contribution < 1.29 is 13.2 Å². The molecule has 2 amide bonds. The van der Waals surface area contributed by atoms with Gasteiger partial charge in [0, 0.05) is 44.6 Å². The molecule has 1 aromatic carbocycles. The van der Waals surface area contributed by atoms with Crippen molar-refractivity contribution in [2.75, 3.05) is 25.0 Å². The van der Waals surface area contributed by atoms with Crippen LogP contribution in [-0.4, -0.2) is 49.9 Å². The zero-order chi connectivity index (χ0) is 22.3. The Labute approximate surface area is 189 Å². The molecule has 4 aliphatic rings. The van der Waals surface area contributed by atoms with E-state index in [0.29, 0.717) is 19.5 Å². The van der Waals surface area contributed by atoms with Gasteiger partial charge in [0.15, 0.2) is 5.66 Å². The number of hydrogen-bond acceptors (Lipinski definition) is 6. The first-order chi connectivity index (χ1) is 15.4. The highest BCUT2D eigenvalue weighted by Gasteiger charge is 2.43. The van der Waals surface area contributed by atoms with Gasteiger partial charge in [-0.2, -0.15) is 10.2 Å². The zero-order valence-electron chi connectivity index (χ0n) is 18.2. The number of sulfonamides is 1. The molecule has 1 saturated heterocycles. The van der Waals surface area contributed by atoms with Gasteiger partial charge in [-0.05, 0) is 60.8 Å². The Balaban J connectivity index is 1.15. The number of urea groups is 1. The maximum absolute atomic E-state index is 12.7. The van der Waals surface area contributed by atoms with Gasteiger partial charge in [-0.3, -0.25) is 0 Å². The summed E-state index contributed by atoms with van der Waals surface area (Å²) < 4.78 is 27.7. The second kappa shape index (κ2) is 8.16. The Kier molecular flexibility index (Phi) is 5.46. The first-order valence-corrected chi connectivity index (χ1v) is 13.0. The van der Waals surface area contributed by atoms with Crippen LogP contribution in [0.5, 0.6) is 0 Å². The molecule has 2 aliphatic carbocycles. The lowest BCUT2D eigenvalue weighted by atomic mass is 9.99. The van der Waals surface area contributed by atoms with Crippen molar-refractivity contribution in [1.29, 1.82) is 0 Å². The summed E-state index contributed by atoms with van der Waals surface area (Å²) in [6.07, 6.45) is 13.5. The summed E-state index contributed by atoms with van der Waals surface area (Å²) in [5.41, 5.74) is 5.46. The molecular weight excluding hydrogens is 426 g/mol. The molecule has 170 valence electrons. The summed E-state index contributed by atoms with van der Waals surface area (Å²) in [5.74, 6) is 2.61. The van der Waals surface area contributed by atoms with Crippen molar-refractivity contribution in [3.63, 3.8) is 0 Å². The molecule has 0 radical (unpaired) electrons. The SMILES string of the molecule is C#CCCC1(CCN2CC(S(=O)(=O)NC(=O)Nc3c4c(cc5c3CCC5)CCC4)C2)N=N1. The van der Waals surface area contributed by atoms with E-state index in [2.05, 4.69) is 37.2 Å². The first-order valence-electron chi connectivity index (χ1n) is 11.5. The molecule has 1 fully saturated rings. The number of nitrogens with zero attached hydrogens (tertiary/aromatic N) is 3. The summed E-state index contributed by atoms with van der Waals surface area (Å²) in [6, 6.07) is 1.63. The van der Waals surface area contributed by atoms with Gasteiger partial charge in [0.2, 0.25) is 10.0 Å². The van der Waals surface area contributed by atoms with E-state index < -0.39 is 21.3 Å². The number of terminal acetylenes is 1. The summed E-state index contributed by atoms with van der Waals surface area (Å²) in [7, 11) is -3.73. The smallest absolute Gasteiger partial charge is 0.307 e. The third-order valence-electron chi connectivity index (χ3n) is 7.19. The zero-order valence-corrected chi connectivity index (χ0v) is 19.0. The van der Waals surface area contributed by atoms with Crippen LogP contribution >= 0.6 is 0 Å². The lowest BCUT2D eigenvalue weighted by Crippen LogP contribution is -2.58.